The molecule has 0 spiro atoms. The molecule has 3 amide bonds. The first kappa shape index (κ1) is 25.7. The molecule has 0 unspecified atom stereocenters. The number of carbonyl (C=O) groups is 3. The summed E-state index contributed by atoms with van der Waals surface area (Å²) in [6.45, 7) is 3.53. The standard InChI is InChI=1S/C29H39FN4O3/c1-19(35)31-25-23-17-20(30)15-16-24(23)33-18-29(2,28(37)32-21-11-7-3-4-8-12-21)34(27(36)26(25)33)22-13-9-5-6-10-14-22/h15-17,21-22H,3-14,18H2,1-2H3,(H,31,35)(H,32,37)/t29-/m0/s1. The molecule has 1 aromatic heterocycles. The van der Waals surface area contributed by atoms with Gasteiger partial charge in [0.15, 0.2) is 0 Å². The van der Waals surface area contributed by atoms with E-state index in [2.05, 4.69) is 10.6 Å². The lowest BCUT2D eigenvalue weighted by Gasteiger charge is -2.48. The molecule has 1 aromatic carbocycles. The van der Waals surface area contributed by atoms with Crippen LogP contribution in [-0.2, 0) is 16.1 Å². The van der Waals surface area contributed by atoms with Gasteiger partial charge in [0.2, 0.25) is 11.8 Å². The number of carbonyl (C=O) groups excluding carboxylic acids is 3. The Morgan fingerprint density at radius 1 is 0.973 bits per heavy atom. The normalized spacial score (nSPS) is 23.9. The second-order valence-corrected chi connectivity index (χ2v) is 11.4. The topological polar surface area (TPSA) is 83.4 Å². The average molecular weight is 511 g/mol. The Bertz CT molecular complexity index is 1190. The lowest BCUT2D eigenvalue weighted by Crippen LogP contribution is -2.67. The van der Waals surface area contributed by atoms with Crippen LogP contribution in [0.4, 0.5) is 10.1 Å². The molecule has 1 atom stereocenters. The molecule has 2 heterocycles. The number of benzene rings is 1. The van der Waals surface area contributed by atoms with Crippen LogP contribution < -0.4 is 10.6 Å². The van der Waals surface area contributed by atoms with Gasteiger partial charge in [0.25, 0.3) is 5.91 Å². The van der Waals surface area contributed by atoms with Gasteiger partial charge in [-0.15, -0.1) is 0 Å². The van der Waals surface area contributed by atoms with Crippen LogP contribution in [0.3, 0.4) is 0 Å². The highest BCUT2D eigenvalue weighted by Gasteiger charge is 2.51. The van der Waals surface area contributed by atoms with Gasteiger partial charge in [0.05, 0.1) is 17.7 Å². The number of hydrogen-bond donors (Lipinski definition) is 2. The van der Waals surface area contributed by atoms with Gasteiger partial charge >= 0.3 is 0 Å². The molecule has 3 aliphatic rings. The predicted molar refractivity (Wildman–Crippen MR) is 142 cm³/mol. The molecule has 0 radical (unpaired) electrons. The molecule has 7 nitrogen and oxygen atoms in total. The van der Waals surface area contributed by atoms with Gasteiger partial charge < -0.3 is 20.1 Å². The van der Waals surface area contributed by atoms with Gasteiger partial charge in [-0.3, -0.25) is 14.4 Å². The Labute approximate surface area is 218 Å². The monoisotopic (exact) mass is 510 g/mol. The molecule has 37 heavy (non-hydrogen) atoms. The van der Waals surface area contributed by atoms with Crippen molar-refractivity contribution in [1.82, 2.24) is 14.8 Å². The molecule has 8 heteroatoms. The van der Waals surface area contributed by atoms with E-state index in [1.54, 1.807) is 6.07 Å². The van der Waals surface area contributed by atoms with Crippen molar-refractivity contribution in [3.8, 4) is 0 Å². The number of halogens is 1. The van der Waals surface area contributed by atoms with E-state index in [4.69, 9.17) is 0 Å². The van der Waals surface area contributed by atoms with E-state index in [0.717, 1.165) is 64.2 Å². The van der Waals surface area contributed by atoms with Crippen molar-refractivity contribution in [2.75, 3.05) is 5.32 Å². The molecule has 1 aliphatic heterocycles. The summed E-state index contributed by atoms with van der Waals surface area (Å²) in [5.74, 6) is -1.15. The van der Waals surface area contributed by atoms with Crippen LogP contribution in [-0.4, -0.2) is 44.8 Å². The number of nitrogens with one attached hydrogen (secondary N) is 2. The van der Waals surface area contributed by atoms with Crippen molar-refractivity contribution >= 4 is 34.3 Å². The Hall–Kier alpha value is -2.90. The molecular weight excluding hydrogens is 471 g/mol. The lowest BCUT2D eigenvalue weighted by molar-refractivity contribution is -0.135. The highest BCUT2D eigenvalue weighted by Crippen LogP contribution is 2.41. The zero-order chi connectivity index (χ0) is 26.2. The number of nitrogens with zero attached hydrogens (tertiary/aromatic N) is 2. The van der Waals surface area contributed by atoms with Crippen molar-refractivity contribution in [2.24, 2.45) is 0 Å². The minimum atomic E-state index is -1.10. The van der Waals surface area contributed by atoms with Gasteiger partial charge in [0, 0.05) is 24.4 Å². The number of rotatable bonds is 4. The lowest BCUT2D eigenvalue weighted by atomic mass is 9.89. The summed E-state index contributed by atoms with van der Waals surface area (Å²) in [5, 5.41) is 6.61. The van der Waals surface area contributed by atoms with Gasteiger partial charge in [-0.1, -0.05) is 51.4 Å². The van der Waals surface area contributed by atoms with Crippen LogP contribution in [0.2, 0.25) is 0 Å². The molecular formula is C29H39FN4O3. The number of amides is 3. The Morgan fingerprint density at radius 2 is 1.59 bits per heavy atom. The van der Waals surface area contributed by atoms with Crippen molar-refractivity contribution < 1.29 is 18.8 Å². The molecule has 2 saturated carbocycles. The van der Waals surface area contributed by atoms with Crippen LogP contribution in [0.25, 0.3) is 10.9 Å². The first-order chi connectivity index (χ1) is 17.8. The maximum absolute atomic E-state index is 14.4. The maximum Gasteiger partial charge on any atom is 0.273 e. The van der Waals surface area contributed by atoms with Gasteiger partial charge in [-0.05, 0) is 50.8 Å². The summed E-state index contributed by atoms with van der Waals surface area (Å²) in [6.07, 6.45) is 12.5. The third kappa shape index (κ3) is 4.87. The van der Waals surface area contributed by atoms with E-state index >= 15 is 0 Å². The van der Waals surface area contributed by atoms with E-state index in [-0.39, 0.29) is 36.3 Å². The van der Waals surface area contributed by atoms with Crippen molar-refractivity contribution in [3.05, 3.63) is 29.7 Å². The third-order valence-corrected chi connectivity index (χ3v) is 8.61. The average Bonchev–Trinajstić information content (AvgIpc) is 3.12. The van der Waals surface area contributed by atoms with E-state index in [0.29, 0.717) is 22.3 Å². The summed E-state index contributed by atoms with van der Waals surface area (Å²) in [5.41, 5.74) is 0.207. The molecule has 2 aromatic rings. The summed E-state index contributed by atoms with van der Waals surface area (Å²) in [6, 6.07) is 4.41. The van der Waals surface area contributed by atoms with Crippen molar-refractivity contribution in [1.29, 1.82) is 0 Å². The molecule has 2 aliphatic carbocycles. The van der Waals surface area contributed by atoms with Crippen LogP contribution >= 0.6 is 0 Å². The zero-order valence-corrected chi connectivity index (χ0v) is 22.1. The molecule has 0 bridgehead atoms. The Kier molecular flexibility index (Phi) is 7.28. The number of aromatic nitrogens is 1. The van der Waals surface area contributed by atoms with E-state index in [1.807, 2.05) is 16.4 Å². The highest BCUT2D eigenvalue weighted by atomic mass is 19.1. The van der Waals surface area contributed by atoms with Crippen LogP contribution in [0.1, 0.15) is 101 Å². The Balaban J connectivity index is 1.62. The van der Waals surface area contributed by atoms with Crippen molar-refractivity contribution in [3.63, 3.8) is 0 Å². The third-order valence-electron chi connectivity index (χ3n) is 8.61. The molecule has 2 fully saturated rings. The fourth-order valence-corrected chi connectivity index (χ4v) is 6.77. The van der Waals surface area contributed by atoms with Crippen LogP contribution in [0.15, 0.2) is 18.2 Å². The number of fused-ring (bicyclic) bond motifs is 3. The fraction of sp³-hybridized carbons (Fsp3) is 0.621. The van der Waals surface area contributed by atoms with E-state index < -0.39 is 11.4 Å². The zero-order valence-electron chi connectivity index (χ0n) is 22.1. The minimum Gasteiger partial charge on any atom is -0.351 e. The first-order valence-corrected chi connectivity index (χ1v) is 14.0. The molecule has 2 N–H and O–H groups in total. The summed E-state index contributed by atoms with van der Waals surface area (Å²) in [7, 11) is 0. The van der Waals surface area contributed by atoms with Crippen LogP contribution in [0, 0.1) is 5.82 Å². The second kappa shape index (κ2) is 10.5. The van der Waals surface area contributed by atoms with Gasteiger partial charge in [-0.25, -0.2) is 4.39 Å². The SMILES string of the molecule is CC(=O)Nc1c2n(c3ccc(F)cc13)C[C@@](C)(C(=O)NC1CCCCCC1)N(C1CCCCCC1)C2=O. The molecule has 5 rings (SSSR count). The Morgan fingerprint density at radius 3 is 2.22 bits per heavy atom. The predicted octanol–water partition coefficient (Wildman–Crippen LogP) is 5.52. The highest BCUT2D eigenvalue weighted by molar-refractivity contribution is 6.14. The molecule has 200 valence electrons. The smallest absolute Gasteiger partial charge is 0.273 e. The summed E-state index contributed by atoms with van der Waals surface area (Å²) >= 11 is 0. The van der Waals surface area contributed by atoms with Crippen molar-refractivity contribution in [2.45, 2.75) is 115 Å². The summed E-state index contributed by atoms with van der Waals surface area (Å²) in [4.78, 5) is 42.5. The quantitative estimate of drug-likeness (QED) is 0.532. The maximum atomic E-state index is 14.4. The first-order valence-electron chi connectivity index (χ1n) is 14.0. The molecule has 0 saturated heterocycles. The minimum absolute atomic E-state index is 0.0615. The van der Waals surface area contributed by atoms with Crippen LogP contribution in [0.5, 0.6) is 0 Å². The largest absolute Gasteiger partial charge is 0.351 e. The van der Waals surface area contributed by atoms with Gasteiger partial charge in [-0.2, -0.15) is 0 Å². The summed E-state index contributed by atoms with van der Waals surface area (Å²) < 4.78 is 16.1. The van der Waals surface area contributed by atoms with Gasteiger partial charge in [0.1, 0.15) is 17.1 Å². The number of anilines is 1. The number of hydrogen-bond acceptors (Lipinski definition) is 3. The van der Waals surface area contributed by atoms with E-state index in [9.17, 15) is 18.8 Å². The van der Waals surface area contributed by atoms with E-state index in [1.165, 1.54) is 31.9 Å². The fourth-order valence-electron chi connectivity index (χ4n) is 6.77. The second-order valence-electron chi connectivity index (χ2n) is 11.4.